The van der Waals surface area contributed by atoms with Crippen LogP contribution in [0.15, 0.2) is 46.2 Å². The van der Waals surface area contributed by atoms with Crippen molar-refractivity contribution in [1.82, 2.24) is 0 Å². The van der Waals surface area contributed by atoms with Gasteiger partial charge in [-0.1, -0.05) is 12.1 Å². The molecule has 0 aromatic heterocycles. The molecule has 13 heteroatoms. The molecule has 132 valence electrons. The molecule has 0 bridgehead atoms. The summed E-state index contributed by atoms with van der Waals surface area (Å²) >= 11 is 0. The Labute approximate surface area is 174 Å². The van der Waals surface area contributed by atoms with Gasteiger partial charge in [0.1, 0.15) is 20.2 Å². The fraction of sp³-hybridized carbons (Fsp3) is 0. The van der Waals surface area contributed by atoms with E-state index in [2.05, 4.69) is 0 Å². The number of hydrogen-bond acceptors (Lipinski definition) is 10. The van der Waals surface area contributed by atoms with Gasteiger partial charge in [0.2, 0.25) is 0 Å². The Bertz CT molecular complexity index is 884. The molecule has 0 radical (unpaired) electrons. The van der Waals surface area contributed by atoms with Gasteiger partial charge in [-0.3, -0.25) is 0 Å². The van der Waals surface area contributed by atoms with E-state index in [1.54, 1.807) is 0 Å². The first kappa shape index (κ1) is 23.7. The van der Waals surface area contributed by atoms with Crippen molar-refractivity contribution in [3.8, 4) is 0 Å². The minimum Gasteiger partial charge on any atom is -0.744 e. The molecule has 0 saturated carbocycles. The van der Waals surface area contributed by atoms with Crippen LogP contribution in [0, 0.1) is 0 Å². The van der Waals surface area contributed by atoms with Gasteiger partial charge in [-0.15, -0.1) is 0 Å². The van der Waals surface area contributed by atoms with Crippen molar-refractivity contribution >= 4 is 80.7 Å². The third-order valence-electron chi connectivity index (χ3n) is 2.74. The maximum atomic E-state index is 10.5. The summed E-state index contributed by atoms with van der Waals surface area (Å²) in [4.78, 5) is -0.940. The number of anilines is 4. The Morgan fingerprint density at radius 3 is 1.12 bits per heavy atom. The topological polar surface area (TPSA) is 218 Å². The average Bonchev–Trinajstić information content (AvgIpc) is 2.43. The van der Waals surface area contributed by atoms with E-state index in [0.29, 0.717) is 0 Å². The molecule has 0 atom stereocenters. The van der Waals surface area contributed by atoms with E-state index in [0.717, 1.165) is 12.1 Å². The fourth-order valence-corrected chi connectivity index (χ4v) is 2.82. The predicted octanol–water partition coefficient (Wildman–Crippen LogP) is -0.871. The molecule has 0 fully saturated rings. The number of nitrogens with two attached hydrogens (primary N) is 4. The van der Waals surface area contributed by atoms with Gasteiger partial charge >= 0.3 is 37.7 Å². The van der Waals surface area contributed by atoms with Crippen LogP contribution in [-0.2, 0) is 20.2 Å². The zero-order chi connectivity index (χ0) is 18.7. The van der Waals surface area contributed by atoms with E-state index >= 15 is 0 Å². The van der Waals surface area contributed by atoms with Gasteiger partial charge in [-0.25, -0.2) is 16.8 Å². The molecule has 0 saturated heterocycles. The summed E-state index contributed by atoms with van der Waals surface area (Å²) in [6, 6.07) is 7.79. The Balaban J connectivity index is 0.000000443. The van der Waals surface area contributed by atoms with Gasteiger partial charge in [-0.2, -0.15) is 0 Å². The van der Waals surface area contributed by atoms with E-state index in [-0.39, 0.29) is 60.5 Å². The van der Waals surface area contributed by atoms with Crippen LogP contribution in [0.3, 0.4) is 0 Å². The van der Waals surface area contributed by atoms with Crippen molar-refractivity contribution in [1.29, 1.82) is 0 Å². The standard InChI is InChI=1S/2C6H8N2O3S.Ca/c2*7-4-2-1-3-5(6(4)8)12(9,10)11;/h2*1-3H,7-8H2,(H,9,10,11);/q;;+2/p-2. The normalized spacial score (nSPS) is 11.0. The zero-order valence-corrected chi connectivity index (χ0v) is 16.6. The van der Waals surface area contributed by atoms with E-state index < -0.39 is 30.0 Å². The number of para-hydroxylation sites is 2. The van der Waals surface area contributed by atoms with Gasteiger partial charge in [0.15, 0.2) is 0 Å². The monoisotopic (exact) mass is 414 g/mol. The van der Waals surface area contributed by atoms with E-state index in [1.807, 2.05) is 0 Å². The summed E-state index contributed by atoms with van der Waals surface area (Å²) in [6.07, 6.45) is 0. The maximum absolute atomic E-state index is 10.5. The molecule has 8 N–H and O–H groups in total. The molecule has 0 unspecified atom stereocenters. The van der Waals surface area contributed by atoms with E-state index in [4.69, 9.17) is 22.9 Å². The number of rotatable bonds is 2. The van der Waals surface area contributed by atoms with Crippen molar-refractivity contribution in [2.45, 2.75) is 9.79 Å². The Kier molecular flexibility index (Phi) is 8.44. The largest absolute Gasteiger partial charge is 2.00 e. The minimum absolute atomic E-state index is 0. The summed E-state index contributed by atoms with van der Waals surface area (Å²) < 4.78 is 63.1. The van der Waals surface area contributed by atoms with Gasteiger partial charge in [-0.05, 0) is 24.3 Å². The van der Waals surface area contributed by atoms with Gasteiger partial charge in [0.05, 0.1) is 32.5 Å². The Morgan fingerprint density at radius 2 is 0.920 bits per heavy atom. The fourth-order valence-electron chi connectivity index (χ4n) is 1.56. The summed E-state index contributed by atoms with van der Waals surface area (Å²) in [5, 5.41) is 0. The molecule has 0 aliphatic rings. The molecule has 2 rings (SSSR count). The summed E-state index contributed by atoms with van der Waals surface area (Å²) in [5.74, 6) is 0. The van der Waals surface area contributed by atoms with E-state index in [1.165, 1.54) is 24.3 Å². The van der Waals surface area contributed by atoms with Crippen LogP contribution >= 0.6 is 0 Å². The molecule has 0 aliphatic heterocycles. The molecule has 0 aliphatic carbocycles. The van der Waals surface area contributed by atoms with Crippen LogP contribution in [0.25, 0.3) is 0 Å². The number of hydrogen-bond donors (Lipinski definition) is 4. The van der Waals surface area contributed by atoms with Gasteiger partial charge in [0.25, 0.3) is 0 Å². The molecular weight excluding hydrogens is 400 g/mol. The van der Waals surface area contributed by atoms with Gasteiger partial charge < -0.3 is 32.0 Å². The quantitative estimate of drug-likeness (QED) is 0.270. The molecule has 2 aromatic carbocycles. The number of nitrogen functional groups attached to an aromatic ring is 4. The first-order chi connectivity index (χ1) is 10.9. The van der Waals surface area contributed by atoms with Crippen molar-refractivity contribution in [3.05, 3.63) is 36.4 Å². The van der Waals surface area contributed by atoms with Crippen molar-refractivity contribution in [3.63, 3.8) is 0 Å². The summed E-state index contributed by atoms with van der Waals surface area (Å²) in [7, 11) is -9.02. The third kappa shape index (κ3) is 6.51. The SMILES string of the molecule is Nc1cccc(S(=O)(=O)[O-])c1N.Nc1cccc(S(=O)(=O)[O-])c1N.[Ca+2]. The molecule has 0 amide bonds. The van der Waals surface area contributed by atoms with Crippen molar-refractivity contribution in [2.24, 2.45) is 0 Å². The summed E-state index contributed by atoms with van der Waals surface area (Å²) in [5.41, 5.74) is 20.9. The van der Waals surface area contributed by atoms with Crippen LogP contribution in [-0.4, -0.2) is 63.7 Å². The first-order valence-corrected chi connectivity index (χ1v) is 8.87. The van der Waals surface area contributed by atoms with Crippen LogP contribution in [0.1, 0.15) is 0 Å². The van der Waals surface area contributed by atoms with Crippen molar-refractivity contribution in [2.75, 3.05) is 22.9 Å². The zero-order valence-electron chi connectivity index (χ0n) is 12.7. The smallest absolute Gasteiger partial charge is 0.744 e. The average molecular weight is 414 g/mol. The van der Waals surface area contributed by atoms with E-state index in [9.17, 15) is 25.9 Å². The maximum Gasteiger partial charge on any atom is 2.00 e. The molecule has 0 spiro atoms. The molecule has 0 heterocycles. The van der Waals surface area contributed by atoms with Crippen LogP contribution < -0.4 is 22.9 Å². The summed E-state index contributed by atoms with van der Waals surface area (Å²) in [6.45, 7) is 0. The second kappa shape index (κ2) is 8.89. The molecule has 25 heavy (non-hydrogen) atoms. The third-order valence-corrected chi connectivity index (χ3v) is 4.53. The Morgan fingerprint density at radius 1 is 0.640 bits per heavy atom. The van der Waals surface area contributed by atoms with Crippen LogP contribution in [0.5, 0.6) is 0 Å². The first-order valence-electron chi connectivity index (χ1n) is 6.05. The van der Waals surface area contributed by atoms with Crippen LogP contribution in [0.4, 0.5) is 22.7 Å². The second-order valence-corrected chi connectivity index (χ2v) is 7.12. The second-order valence-electron chi connectivity index (χ2n) is 4.43. The van der Waals surface area contributed by atoms with Crippen LogP contribution in [0.2, 0.25) is 0 Å². The predicted molar refractivity (Wildman–Crippen MR) is 92.2 cm³/mol. The van der Waals surface area contributed by atoms with Gasteiger partial charge in [0, 0.05) is 0 Å². The molecular formula is C12H14CaN4O6S2. The van der Waals surface area contributed by atoms with Crippen molar-refractivity contribution < 1.29 is 25.9 Å². The molecule has 2 aromatic rings. The minimum atomic E-state index is -4.51. The molecule has 10 nitrogen and oxygen atoms in total. The Hall–Kier alpha value is -1.28. The number of benzene rings is 2.